The number of amides is 1. The molecule has 0 aromatic rings. The van der Waals surface area contributed by atoms with E-state index in [0.29, 0.717) is 17.8 Å². The second-order valence-corrected chi connectivity index (χ2v) is 3.97. The fourth-order valence-corrected chi connectivity index (χ4v) is 1.27. The Hall–Kier alpha value is -1.33. The Kier molecular flexibility index (Phi) is 8.19. The Morgan fingerprint density at radius 2 is 2.25 bits per heavy atom. The van der Waals surface area contributed by atoms with E-state index in [1.54, 1.807) is 18.2 Å². The molecule has 0 saturated heterocycles. The zero-order chi connectivity index (χ0) is 12.4. The fraction of sp³-hybridized carbons (Fsp3) is 0.200. The molecule has 88 valence electrons. The summed E-state index contributed by atoms with van der Waals surface area (Å²) in [6.07, 6.45) is 9.05. The number of allylic oxidation sites excluding steroid dienone is 4. The van der Waals surface area contributed by atoms with E-state index in [9.17, 15) is 13.2 Å². The van der Waals surface area contributed by atoms with Crippen LogP contribution >= 0.6 is 11.6 Å². The number of carbonyl (C=O) groups is 1. The fourth-order valence-electron chi connectivity index (χ4n) is 0.770. The molecule has 0 heterocycles. The average Bonchev–Trinajstić information content (AvgIpc) is 2.28. The van der Waals surface area contributed by atoms with Crippen LogP contribution in [0.3, 0.4) is 0 Å². The van der Waals surface area contributed by atoms with Crippen molar-refractivity contribution in [1.29, 1.82) is 0 Å². The van der Waals surface area contributed by atoms with Crippen LogP contribution in [0, 0.1) is 0 Å². The highest BCUT2D eigenvalue weighted by Crippen LogP contribution is 1.96. The molecule has 0 spiro atoms. The van der Waals surface area contributed by atoms with Gasteiger partial charge >= 0.3 is 5.37 Å². The zero-order valence-electron chi connectivity index (χ0n) is 8.52. The highest BCUT2D eigenvalue weighted by atomic mass is 35.5. The van der Waals surface area contributed by atoms with E-state index in [0.717, 1.165) is 0 Å². The third-order valence-corrected chi connectivity index (χ3v) is 2.31. The van der Waals surface area contributed by atoms with Crippen LogP contribution in [0.5, 0.6) is 0 Å². The third kappa shape index (κ3) is 8.02. The molecule has 0 aromatic heterocycles. The maximum atomic E-state index is 10.2. The van der Waals surface area contributed by atoms with Crippen LogP contribution in [0.1, 0.15) is 6.42 Å². The van der Waals surface area contributed by atoms with Gasteiger partial charge < -0.3 is 5.32 Å². The lowest BCUT2D eigenvalue weighted by Gasteiger charge is -1.91. The maximum absolute atomic E-state index is 10.2. The Bertz CT molecular complexity index is 427. The van der Waals surface area contributed by atoms with Crippen molar-refractivity contribution >= 4 is 32.1 Å². The van der Waals surface area contributed by atoms with Crippen molar-refractivity contribution in [3.63, 3.8) is 0 Å². The van der Waals surface area contributed by atoms with Gasteiger partial charge in [0.25, 0.3) is 0 Å². The molecular weight excluding hydrogens is 250 g/mol. The molecular formula is C10H12ClNO3S. The smallest absolute Gasteiger partial charge is 0.314 e. The summed E-state index contributed by atoms with van der Waals surface area (Å²) in [7, 11) is -2.02. The van der Waals surface area contributed by atoms with Crippen LogP contribution in [0.25, 0.3) is 0 Å². The second kappa shape index (κ2) is 8.94. The molecule has 0 aliphatic heterocycles. The number of halogens is 1. The molecule has 0 fully saturated rings. The van der Waals surface area contributed by atoms with Gasteiger partial charge in [-0.15, -0.1) is 6.58 Å². The van der Waals surface area contributed by atoms with Crippen molar-refractivity contribution in [3.05, 3.63) is 37.0 Å². The lowest BCUT2D eigenvalue weighted by Crippen LogP contribution is -2.15. The molecule has 0 saturated carbocycles. The van der Waals surface area contributed by atoms with Gasteiger partial charge in [0.05, 0.1) is 4.86 Å². The van der Waals surface area contributed by atoms with Gasteiger partial charge in [0.1, 0.15) is 0 Å². The molecule has 1 aliphatic rings. The van der Waals surface area contributed by atoms with E-state index >= 15 is 0 Å². The van der Waals surface area contributed by atoms with Gasteiger partial charge in [0.15, 0.2) is 0 Å². The maximum Gasteiger partial charge on any atom is 0.314 e. The molecule has 4 nitrogen and oxygen atoms in total. The zero-order valence-corrected chi connectivity index (χ0v) is 10.1. The minimum absolute atomic E-state index is 0.433. The molecule has 0 radical (unpaired) electrons. The number of carbonyl (C=O) groups excluding carboxylic acids is 1. The molecule has 0 unspecified atom stereocenters. The summed E-state index contributed by atoms with van der Waals surface area (Å²) >= 11 is 4.86. The first kappa shape index (κ1) is 14.7. The molecule has 6 heteroatoms. The highest BCUT2D eigenvalue weighted by Gasteiger charge is 1.94. The molecule has 0 bridgehead atoms. The molecule has 1 rings (SSSR count). The molecule has 1 amide bonds. The predicted molar refractivity (Wildman–Crippen MR) is 66.3 cm³/mol. The molecule has 16 heavy (non-hydrogen) atoms. The van der Waals surface area contributed by atoms with Crippen LogP contribution < -0.4 is 5.32 Å². The number of hydrogen-bond acceptors (Lipinski definition) is 3. The Balaban J connectivity index is 0.000000293. The minimum Gasteiger partial charge on any atom is -0.339 e. The standard InChI is InChI=1S/C6H6O2S.C4H6ClNO/c7-9(8)6-4-2-1-3-5-6;1-2-3-6-4(5)7/h1-4H,5H2;2H,1,3H2,(H,6,7). The molecule has 0 aromatic carbocycles. The van der Waals surface area contributed by atoms with E-state index in [-0.39, 0.29) is 0 Å². The summed E-state index contributed by atoms with van der Waals surface area (Å²) in [5.41, 5.74) is 0. The topological polar surface area (TPSA) is 63.2 Å². The monoisotopic (exact) mass is 261 g/mol. The summed E-state index contributed by atoms with van der Waals surface area (Å²) < 4.78 is 20.5. The van der Waals surface area contributed by atoms with Crippen LogP contribution in [-0.2, 0) is 10.3 Å². The van der Waals surface area contributed by atoms with Gasteiger partial charge in [0.2, 0.25) is 10.3 Å². The average molecular weight is 262 g/mol. The summed E-state index contributed by atoms with van der Waals surface area (Å²) in [5, 5.41) is 1.76. The number of rotatable bonds is 2. The van der Waals surface area contributed by atoms with Crippen molar-refractivity contribution in [2.45, 2.75) is 6.42 Å². The normalized spacial score (nSPS) is 12.4. The molecule has 1 aliphatic carbocycles. The molecule has 0 atom stereocenters. The van der Waals surface area contributed by atoms with E-state index in [2.05, 4.69) is 11.9 Å². The first-order chi connectivity index (χ1) is 7.57. The third-order valence-electron chi connectivity index (χ3n) is 1.45. The summed E-state index contributed by atoms with van der Waals surface area (Å²) in [5.74, 6) is 0. The largest absolute Gasteiger partial charge is 0.339 e. The van der Waals surface area contributed by atoms with Gasteiger partial charge in [-0.3, -0.25) is 4.79 Å². The van der Waals surface area contributed by atoms with E-state index in [4.69, 9.17) is 11.6 Å². The van der Waals surface area contributed by atoms with Crippen molar-refractivity contribution in [3.8, 4) is 0 Å². The highest BCUT2D eigenvalue weighted by molar-refractivity contribution is 7.73. The first-order valence-corrected chi connectivity index (χ1v) is 5.85. The lowest BCUT2D eigenvalue weighted by atomic mass is 10.2. The van der Waals surface area contributed by atoms with Gasteiger partial charge in [-0.2, -0.15) is 8.42 Å². The SMILES string of the molecule is C=CCNC(=O)Cl.O=S(=O)=C1C=CC=CC1. The number of hydrogen-bond donors (Lipinski definition) is 1. The van der Waals surface area contributed by atoms with Crippen LogP contribution in [-0.4, -0.2) is 25.2 Å². The Labute approximate surface area is 101 Å². The second-order valence-electron chi connectivity index (χ2n) is 2.64. The lowest BCUT2D eigenvalue weighted by molar-refractivity contribution is 0.260. The van der Waals surface area contributed by atoms with Gasteiger partial charge in [-0.05, 0) is 17.7 Å². The van der Waals surface area contributed by atoms with E-state index in [1.807, 2.05) is 12.2 Å². The predicted octanol–water partition coefficient (Wildman–Crippen LogP) is 1.67. The Morgan fingerprint density at radius 3 is 2.50 bits per heavy atom. The van der Waals surface area contributed by atoms with Gasteiger partial charge in [0, 0.05) is 13.0 Å². The summed E-state index contributed by atoms with van der Waals surface area (Å²) in [6, 6.07) is 0. The van der Waals surface area contributed by atoms with E-state index < -0.39 is 15.7 Å². The molecule has 1 N–H and O–H groups in total. The van der Waals surface area contributed by atoms with Gasteiger partial charge in [-0.25, -0.2) is 0 Å². The summed E-state index contributed by atoms with van der Waals surface area (Å²) in [4.78, 5) is 10.3. The number of nitrogens with one attached hydrogen (secondary N) is 1. The van der Waals surface area contributed by atoms with Crippen molar-refractivity contribution < 1.29 is 13.2 Å². The minimum atomic E-state index is -2.02. The quantitative estimate of drug-likeness (QED) is 0.356. The van der Waals surface area contributed by atoms with Crippen LogP contribution in [0.2, 0.25) is 0 Å². The van der Waals surface area contributed by atoms with Gasteiger partial charge in [-0.1, -0.05) is 24.3 Å². The van der Waals surface area contributed by atoms with Crippen molar-refractivity contribution in [1.82, 2.24) is 5.32 Å². The van der Waals surface area contributed by atoms with Crippen molar-refractivity contribution in [2.24, 2.45) is 0 Å². The van der Waals surface area contributed by atoms with Crippen LogP contribution in [0.4, 0.5) is 4.79 Å². The Morgan fingerprint density at radius 1 is 1.56 bits per heavy atom. The van der Waals surface area contributed by atoms with Crippen LogP contribution in [0.15, 0.2) is 37.0 Å². The first-order valence-electron chi connectivity index (χ1n) is 4.40. The van der Waals surface area contributed by atoms with E-state index in [1.165, 1.54) is 0 Å². The summed E-state index contributed by atoms with van der Waals surface area (Å²) in [6.45, 7) is 3.79. The van der Waals surface area contributed by atoms with Crippen molar-refractivity contribution in [2.75, 3.05) is 6.54 Å².